The first-order valence-electron chi connectivity index (χ1n) is 7.42. The molecule has 0 atom stereocenters. The molecule has 0 spiro atoms. The second-order valence-electron chi connectivity index (χ2n) is 4.98. The Bertz CT molecular complexity index is 697. The van der Waals surface area contributed by atoms with Gasteiger partial charge in [0.1, 0.15) is 0 Å². The number of carbonyl (C=O) groups is 1. The normalized spacial score (nSPS) is 11.2. The van der Waals surface area contributed by atoms with Crippen LogP contribution in [0.25, 0.3) is 0 Å². The van der Waals surface area contributed by atoms with Gasteiger partial charge in [0.15, 0.2) is 11.5 Å². The van der Waals surface area contributed by atoms with Gasteiger partial charge in [-0.05, 0) is 44.2 Å². The fourth-order valence-corrected chi connectivity index (χ4v) is 2.11. The molecule has 0 fully saturated rings. The van der Waals surface area contributed by atoms with Gasteiger partial charge in [-0.1, -0.05) is 6.07 Å². The highest BCUT2D eigenvalue weighted by Crippen LogP contribution is 2.31. The molecule has 2 rings (SSSR count). The first-order chi connectivity index (χ1) is 11.3. The van der Waals surface area contributed by atoms with E-state index in [-0.39, 0.29) is 23.1 Å². The van der Waals surface area contributed by atoms with Crippen LogP contribution >= 0.6 is 0 Å². The molecule has 0 aliphatic carbocycles. The highest BCUT2D eigenvalue weighted by atomic mass is 19.4. The predicted molar refractivity (Wildman–Crippen MR) is 84.0 cm³/mol. The van der Waals surface area contributed by atoms with E-state index in [1.165, 1.54) is 24.3 Å². The number of aromatic nitrogens is 2. The van der Waals surface area contributed by atoms with Gasteiger partial charge in [-0.2, -0.15) is 13.2 Å². The monoisotopic (exact) mass is 338 g/mol. The minimum atomic E-state index is -4.41. The Morgan fingerprint density at radius 2 is 1.83 bits per heavy atom. The molecule has 8 heteroatoms. The smallest absolute Gasteiger partial charge is 0.339 e. The molecule has 5 nitrogen and oxygen atoms in total. The average Bonchev–Trinajstić information content (AvgIpc) is 2.56. The Morgan fingerprint density at radius 3 is 2.38 bits per heavy atom. The van der Waals surface area contributed by atoms with Crippen molar-refractivity contribution < 1.29 is 18.0 Å². The van der Waals surface area contributed by atoms with Crippen molar-refractivity contribution in [3.63, 3.8) is 0 Å². The van der Waals surface area contributed by atoms with Gasteiger partial charge < -0.3 is 10.2 Å². The highest BCUT2D eigenvalue weighted by molar-refractivity contribution is 5.92. The maximum Gasteiger partial charge on any atom is 0.416 e. The molecule has 0 aliphatic rings. The maximum absolute atomic E-state index is 12.7. The molecule has 1 heterocycles. The molecule has 1 aromatic heterocycles. The van der Waals surface area contributed by atoms with Gasteiger partial charge in [0.25, 0.3) is 5.91 Å². The molecule has 24 heavy (non-hydrogen) atoms. The topological polar surface area (TPSA) is 58.1 Å². The third kappa shape index (κ3) is 4.21. The fraction of sp³-hybridized carbons (Fsp3) is 0.312. The van der Waals surface area contributed by atoms with Crippen LogP contribution in [0.4, 0.5) is 24.7 Å². The van der Waals surface area contributed by atoms with E-state index in [0.29, 0.717) is 13.1 Å². The molecular weight excluding hydrogens is 321 g/mol. The Kier molecular flexibility index (Phi) is 5.38. The van der Waals surface area contributed by atoms with Crippen molar-refractivity contribution in [2.24, 2.45) is 0 Å². The third-order valence-electron chi connectivity index (χ3n) is 3.40. The second-order valence-corrected chi connectivity index (χ2v) is 4.98. The summed E-state index contributed by atoms with van der Waals surface area (Å²) in [6, 6.07) is 7.76. The molecule has 0 aliphatic heterocycles. The molecule has 0 radical (unpaired) electrons. The lowest BCUT2D eigenvalue weighted by Crippen LogP contribution is -2.31. The van der Waals surface area contributed by atoms with E-state index in [1.807, 2.05) is 13.8 Å². The van der Waals surface area contributed by atoms with Crippen LogP contribution in [0, 0.1) is 0 Å². The zero-order valence-corrected chi connectivity index (χ0v) is 13.3. The van der Waals surface area contributed by atoms with Crippen LogP contribution in [0.3, 0.4) is 0 Å². The molecule has 0 saturated carbocycles. The Hall–Kier alpha value is -2.64. The minimum Gasteiger partial charge on any atom is -0.339 e. The first kappa shape index (κ1) is 17.7. The lowest BCUT2D eigenvalue weighted by Gasteiger charge is -2.17. The van der Waals surface area contributed by atoms with E-state index in [0.717, 1.165) is 12.1 Å². The molecule has 1 N–H and O–H groups in total. The molecule has 0 saturated heterocycles. The van der Waals surface area contributed by atoms with Crippen LogP contribution in [-0.4, -0.2) is 34.1 Å². The zero-order chi connectivity index (χ0) is 17.7. The number of hydrogen-bond donors (Lipinski definition) is 1. The van der Waals surface area contributed by atoms with Crippen LogP contribution in [0.5, 0.6) is 0 Å². The van der Waals surface area contributed by atoms with Crippen molar-refractivity contribution >= 4 is 17.4 Å². The van der Waals surface area contributed by atoms with Gasteiger partial charge in [-0.25, -0.2) is 0 Å². The summed E-state index contributed by atoms with van der Waals surface area (Å²) in [5.74, 6) is 0.0172. The predicted octanol–water partition coefficient (Wildman–Crippen LogP) is 3.72. The molecule has 1 amide bonds. The number of carbonyl (C=O) groups excluding carboxylic acids is 1. The minimum absolute atomic E-state index is 0.188. The third-order valence-corrected chi connectivity index (χ3v) is 3.40. The largest absolute Gasteiger partial charge is 0.416 e. The number of hydrogen-bond acceptors (Lipinski definition) is 4. The fourth-order valence-electron chi connectivity index (χ4n) is 2.11. The van der Waals surface area contributed by atoms with Gasteiger partial charge in [0.05, 0.1) is 5.56 Å². The van der Waals surface area contributed by atoms with Gasteiger partial charge in [0, 0.05) is 18.8 Å². The van der Waals surface area contributed by atoms with Gasteiger partial charge in [0.2, 0.25) is 0 Å². The Balaban J connectivity index is 2.14. The summed E-state index contributed by atoms with van der Waals surface area (Å²) in [7, 11) is 0. The van der Waals surface area contributed by atoms with Gasteiger partial charge >= 0.3 is 6.18 Å². The van der Waals surface area contributed by atoms with E-state index in [9.17, 15) is 18.0 Å². The van der Waals surface area contributed by atoms with Crippen LogP contribution in [0.2, 0.25) is 0 Å². The van der Waals surface area contributed by atoms with E-state index >= 15 is 0 Å². The number of anilines is 2. The highest BCUT2D eigenvalue weighted by Gasteiger charge is 2.30. The average molecular weight is 338 g/mol. The first-order valence-corrected chi connectivity index (χ1v) is 7.42. The van der Waals surface area contributed by atoms with Crippen molar-refractivity contribution in [1.82, 2.24) is 15.1 Å². The summed E-state index contributed by atoms with van der Waals surface area (Å²) >= 11 is 0. The van der Waals surface area contributed by atoms with Crippen molar-refractivity contribution in [3.05, 3.63) is 47.7 Å². The summed E-state index contributed by atoms with van der Waals surface area (Å²) in [6.45, 7) is 4.83. The van der Waals surface area contributed by atoms with Crippen LogP contribution < -0.4 is 5.32 Å². The number of benzene rings is 1. The zero-order valence-electron chi connectivity index (χ0n) is 13.3. The molecule has 0 bridgehead atoms. The SMILES string of the molecule is CCN(CC)C(=O)c1ccc(Nc2cccc(C(F)(F)F)c2)nn1. The number of rotatable bonds is 5. The maximum atomic E-state index is 12.7. The van der Waals surface area contributed by atoms with Crippen LogP contribution in [0.15, 0.2) is 36.4 Å². The van der Waals surface area contributed by atoms with Crippen molar-refractivity contribution in [3.8, 4) is 0 Å². The summed E-state index contributed by atoms with van der Waals surface area (Å²) in [6.07, 6.45) is -4.41. The molecule has 1 aromatic carbocycles. The second kappa shape index (κ2) is 7.29. The lowest BCUT2D eigenvalue weighted by molar-refractivity contribution is -0.137. The summed E-state index contributed by atoms with van der Waals surface area (Å²) in [5, 5.41) is 10.4. The summed E-state index contributed by atoms with van der Waals surface area (Å²) in [4.78, 5) is 13.7. The van der Waals surface area contributed by atoms with Crippen LogP contribution in [-0.2, 0) is 6.18 Å². The summed E-state index contributed by atoms with van der Waals surface area (Å²) in [5.41, 5.74) is -0.330. The van der Waals surface area contributed by atoms with Gasteiger partial charge in [-0.15, -0.1) is 10.2 Å². The standard InChI is InChI=1S/C16H17F3N4O/c1-3-23(4-2)15(24)13-8-9-14(22-21-13)20-12-7-5-6-11(10-12)16(17,18)19/h5-10H,3-4H2,1-2H3,(H,20,22). The molecule has 128 valence electrons. The summed E-state index contributed by atoms with van der Waals surface area (Å²) < 4.78 is 38.1. The van der Waals surface area contributed by atoms with Crippen molar-refractivity contribution in [2.75, 3.05) is 18.4 Å². The Labute approximate surface area is 137 Å². The number of nitrogens with one attached hydrogen (secondary N) is 1. The van der Waals surface area contributed by atoms with E-state index < -0.39 is 11.7 Å². The number of halogens is 3. The van der Waals surface area contributed by atoms with E-state index in [2.05, 4.69) is 15.5 Å². The molecule has 2 aromatic rings. The van der Waals surface area contributed by atoms with Crippen LogP contribution in [0.1, 0.15) is 29.9 Å². The Morgan fingerprint density at radius 1 is 1.12 bits per heavy atom. The van der Waals surface area contributed by atoms with E-state index in [4.69, 9.17) is 0 Å². The van der Waals surface area contributed by atoms with Crippen molar-refractivity contribution in [1.29, 1.82) is 0 Å². The number of alkyl halides is 3. The van der Waals surface area contributed by atoms with Crippen molar-refractivity contribution in [2.45, 2.75) is 20.0 Å². The quantitative estimate of drug-likeness (QED) is 0.903. The molecule has 0 unspecified atom stereocenters. The number of amides is 1. The number of nitrogens with zero attached hydrogens (tertiary/aromatic N) is 3. The van der Waals surface area contributed by atoms with Gasteiger partial charge in [-0.3, -0.25) is 4.79 Å². The lowest BCUT2D eigenvalue weighted by atomic mass is 10.2. The molecular formula is C16H17F3N4O. The van der Waals surface area contributed by atoms with E-state index in [1.54, 1.807) is 4.90 Å².